The number of esters is 4. The van der Waals surface area contributed by atoms with Crippen LogP contribution in [0, 0.1) is 23.7 Å². The third kappa shape index (κ3) is 67.3. The van der Waals surface area contributed by atoms with Gasteiger partial charge in [0, 0.05) is 25.7 Å². The van der Waals surface area contributed by atoms with Crippen molar-refractivity contribution >= 4 is 39.5 Å². The number of hydrogen-bond donors (Lipinski definition) is 3. The molecule has 3 N–H and O–H groups in total. The van der Waals surface area contributed by atoms with E-state index in [-0.39, 0.29) is 25.7 Å². The molecule has 0 bridgehead atoms. The summed E-state index contributed by atoms with van der Waals surface area (Å²) in [6, 6.07) is 0. The minimum Gasteiger partial charge on any atom is -0.462 e. The van der Waals surface area contributed by atoms with Gasteiger partial charge in [0.2, 0.25) is 0 Å². The van der Waals surface area contributed by atoms with Gasteiger partial charge in [0.05, 0.1) is 26.4 Å². The Kier molecular flexibility index (Phi) is 63.1. The van der Waals surface area contributed by atoms with Gasteiger partial charge in [-0.2, -0.15) is 0 Å². The van der Waals surface area contributed by atoms with Gasteiger partial charge in [-0.05, 0) is 49.4 Å². The lowest BCUT2D eigenvalue weighted by Crippen LogP contribution is -2.30. The molecular weight excluding hydrogens is 1230 g/mol. The molecule has 3 unspecified atom stereocenters. The molecule has 0 radical (unpaired) electrons. The smallest absolute Gasteiger partial charge is 0.462 e. The highest BCUT2D eigenvalue weighted by Crippen LogP contribution is 2.45. The molecule has 0 fully saturated rings. The van der Waals surface area contributed by atoms with Crippen LogP contribution in [0.15, 0.2) is 0 Å². The molecule has 6 atom stereocenters. The van der Waals surface area contributed by atoms with Crippen LogP contribution in [0.2, 0.25) is 0 Å². The van der Waals surface area contributed by atoms with E-state index in [2.05, 4.69) is 55.4 Å². The summed E-state index contributed by atoms with van der Waals surface area (Å²) in [5.41, 5.74) is 0. The fourth-order valence-electron chi connectivity index (χ4n) is 11.3. The first-order valence-electron chi connectivity index (χ1n) is 38.7. The van der Waals surface area contributed by atoms with Gasteiger partial charge in [0.15, 0.2) is 12.2 Å². The van der Waals surface area contributed by atoms with E-state index < -0.39 is 97.5 Å². The zero-order chi connectivity index (χ0) is 69.6. The Hall–Kier alpha value is -1.94. The normalized spacial score (nSPS) is 14.4. The highest BCUT2D eigenvalue weighted by molar-refractivity contribution is 7.47. The van der Waals surface area contributed by atoms with Crippen molar-refractivity contribution in [2.24, 2.45) is 23.7 Å². The maximum atomic E-state index is 13.1. The van der Waals surface area contributed by atoms with Crippen LogP contribution in [0.25, 0.3) is 0 Å². The van der Waals surface area contributed by atoms with Crippen LogP contribution in [0.1, 0.15) is 376 Å². The quantitative estimate of drug-likeness (QED) is 0.0222. The molecule has 0 saturated carbocycles. The SMILES string of the molecule is CCC(C)CCCCCCCCCCCCC(=O)O[C@H](COC(=O)CCCCCCCCC(C)C)COP(=O)(O)OC[C@H](O)COP(=O)(O)OC[C@@H](COC(=O)CCCCCCCCCC(C)C)OC(=O)CCCCCCCCCCCCCCCCCCCCC(C)C. The third-order valence-corrected chi connectivity index (χ3v) is 19.6. The van der Waals surface area contributed by atoms with Crippen LogP contribution in [0.4, 0.5) is 0 Å². The molecule has 0 heterocycles. The summed E-state index contributed by atoms with van der Waals surface area (Å²) in [6.45, 7) is 14.1. The molecule has 17 nitrogen and oxygen atoms in total. The summed E-state index contributed by atoms with van der Waals surface area (Å²) < 4.78 is 68.4. The van der Waals surface area contributed by atoms with Gasteiger partial charge in [0.1, 0.15) is 19.3 Å². The van der Waals surface area contributed by atoms with E-state index in [0.717, 1.165) is 115 Å². The summed E-state index contributed by atoms with van der Waals surface area (Å²) in [7, 11) is -9.91. The number of aliphatic hydroxyl groups is 1. The van der Waals surface area contributed by atoms with E-state index >= 15 is 0 Å². The predicted molar refractivity (Wildman–Crippen MR) is 381 cm³/mol. The maximum Gasteiger partial charge on any atom is 0.472 e. The van der Waals surface area contributed by atoms with Crippen LogP contribution in [-0.4, -0.2) is 96.7 Å². The number of ether oxygens (including phenoxy) is 4. The van der Waals surface area contributed by atoms with E-state index in [1.165, 1.54) is 167 Å². The molecule has 0 spiro atoms. The minimum atomic E-state index is -4.96. The second-order valence-electron chi connectivity index (χ2n) is 28.7. The third-order valence-electron chi connectivity index (χ3n) is 17.7. The molecule has 0 aromatic carbocycles. The van der Waals surface area contributed by atoms with Crippen molar-refractivity contribution in [1.29, 1.82) is 0 Å². The second-order valence-corrected chi connectivity index (χ2v) is 31.6. The van der Waals surface area contributed by atoms with Gasteiger partial charge >= 0.3 is 39.5 Å². The lowest BCUT2D eigenvalue weighted by atomic mass is 9.99. The van der Waals surface area contributed by atoms with Crippen LogP contribution < -0.4 is 0 Å². The first kappa shape index (κ1) is 92.1. The minimum absolute atomic E-state index is 0.105. The van der Waals surface area contributed by atoms with E-state index in [1.54, 1.807) is 0 Å². The average Bonchev–Trinajstić information content (AvgIpc) is 1.80. The first-order valence-corrected chi connectivity index (χ1v) is 41.7. The lowest BCUT2D eigenvalue weighted by molar-refractivity contribution is -0.161. The largest absolute Gasteiger partial charge is 0.472 e. The van der Waals surface area contributed by atoms with E-state index in [1.807, 2.05) is 0 Å². The van der Waals surface area contributed by atoms with Crippen molar-refractivity contribution in [3.8, 4) is 0 Å². The summed E-state index contributed by atoms with van der Waals surface area (Å²) in [5.74, 6) is 0.881. The van der Waals surface area contributed by atoms with Gasteiger partial charge in [-0.25, -0.2) is 9.13 Å². The predicted octanol–water partition coefficient (Wildman–Crippen LogP) is 21.7. The number of rotatable bonds is 72. The molecule has 94 heavy (non-hydrogen) atoms. The Morgan fingerprint density at radius 2 is 0.511 bits per heavy atom. The van der Waals surface area contributed by atoms with Crippen LogP contribution in [0.3, 0.4) is 0 Å². The Morgan fingerprint density at radius 1 is 0.298 bits per heavy atom. The molecule has 0 amide bonds. The number of carbonyl (C=O) groups excluding carboxylic acids is 4. The number of phosphoric ester groups is 2. The van der Waals surface area contributed by atoms with Crippen LogP contribution >= 0.6 is 15.6 Å². The Balaban J connectivity index is 5.17. The molecular formula is C75H146O17P2. The Labute approximate surface area is 575 Å². The zero-order valence-electron chi connectivity index (χ0n) is 61.6. The summed E-state index contributed by atoms with van der Waals surface area (Å²) in [5, 5.41) is 10.6. The van der Waals surface area contributed by atoms with Crippen molar-refractivity contribution in [3.05, 3.63) is 0 Å². The number of aliphatic hydroxyl groups excluding tert-OH is 1. The molecule has 0 saturated heterocycles. The van der Waals surface area contributed by atoms with Crippen LogP contribution in [0.5, 0.6) is 0 Å². The van der Waals surface area contributed by atoms with Crippen molar-refractivity contribution in [2.75, 3.05) is 39.6 Å². The van der Waals surface area contributed by atoms with Crippen molar-refractivity contribution in [3.63, 3.8) is 0 Å². The van der Waals surface area contributed by atoms with Gasteiger partial charge in [-0.15, -0.1) is 0 Å². The van der Waals surface area contributed by atoms with E-state index in [0.29, 0.717) is 37.5 Å². The summed E-state index contributed by atoms with van der Waals surface area (Å²) in [4.78, 5) is 72.7. The molecule has 0 aromatic rings. The lowest BCUT2D eigenvalue weighted by Gasteiger charge is -2.21. The van der Waals surface area contributed by atoms with Gasteiger partial charge in [-0.3, -0.25) is 37.3 Å². The average molecular weight is 1380 g/mol. The molecule has 0 rings (SSSR count). The Bertz CT molecular complexity index is 1850. The van der Waals surface area contributed by atoms with Gasteiger partial charge < -0.3 is 33.8 Å². The molecule has 0 aromatic heterocycles. The van der Waals surface area contributed by atoms with Crippen LogP contribution in [-0.2, 0) is 65.4 Å². The molecule has 19 heteroatoms. The van der Waals surface area contributed by atoms with Crippen molar-refractivity contribution < 1.29 is 80.2 Å². The number of unbranched alkanes of at least 4 members (excludes halogenated alkanes) is 37. The van der Waals surface area contributed by atoms with Gasteiger partial charge in [-0.1, -0.05) is 325 Å². The van der Waals surface area contributed by atoms with Crippen molar-refractivity contribution in [1.82, 2.24) is 0 Å². The standard InChI is InChI=1S/C75H146O17P2/c1-9-68(8)54-46-38-29-23-20-21-25-31-42-50-58-75(80)92-71(62-86-73(78)56-48-40-34-33-37-45-53-67(6)7)64-90-94(83,84)88-60-69(76)59-87-93(81,82)89-63-70(61-85-72(77)55-47-39-32-26-28-36-44-52-66(4)5)91-74(79)57-49-41-30-24-19-17-15-13-11-10-12-14-16-18-22-27-35-43-51-65(2)3/h65-71,76H,9-64H2,1-8H3,(H,81,82)(H,83,84)/t68?,69-,70-,71-/m1/s1. The fourth-order valence-corrected chi connectivity index (χ4v) is 12.9. The second kappa shape index (κ2) is 64.4. The molecule has 0 aliphatic rings. The maximum absolute atomic E-state index is 13.1. The van der Waals surface area contributed by atoms with Crippen molar-refractivity contribution in [2.45, 2.75) is 395 Å². The van der Waals surface area contributed by atoms with E-state index in [9.17, 15) is 43.2 Å². The first-order chi connectivity index (χ1) is 45.1. The Morgan fingerprint density at radius 3 is 0.755 bits per heavy atom. The monoisotopic (exact) mass is 1380 g/mol. The number of carbonyl (C=O) groups is 4. The van der Waals surface area contributed by atoms with E-state index in [4.69, 9.17) is 37.0 Å². The zero-order valence-corrected chi connectivity index (χ0v) is 63.4. The number of hydrogen-bond acceptors (Lipinski definition) is 15. The highest BCUT2D eigenvalue weighted by Gasteiger charge is 2.30. The topological polar surface area (TPSA) is 237 Å². The highest BCUT2D eigenvalue weighted by atomic mass is 31.2. The van der Waals surface area contributed by atoms with Gasteiger partial charge in [0.25, 0.3) is 0 Å². The summed E-state index contributed by atoms with van der Waals surface area (Å²) in [6.07, 6.45) is 48.9. The fraction of sp³-hybridized carbons (Fsp3) is 0.947. The molecule has 0 aliphatic carbocycles. The molecule has 0 aliphatic heterocycles. The summed E-state index contributed by atoms with van der Waals surface area (Å²) >= 11 is 0. The number of phosphoric acid groups is 2. The molecule has 558 valence electrons.